The van der Waals surface area contributed by atoms with Gasteiger partial charge < -0.3 is 9.84 Å². The number of ether oxygens (including phenoxy) is 1. The third-order valence-corrected chi connectivity index (χ3v) is 3.68. The van der Waals surface area contributed by atoms with Crippen molar-refractivity contribution in [1.82, 2.24) is 0 Å². The molecular formula is C10H14O2S. The molecule has 1 aliphatic rings. The highest BCUT2D eigenvalue weighted by Gasteiger charge is 2.42. The quantitative estimate of drug-likeness (QED) is 0.747. The van der Waals surface area contributed by atoms with Gasteiger partial charge in [0, 0.05) is 10.8 Å². The molecule has 1 aliphatic heterocycles. The second kappa shape index (κ2) is 3.08. The zero-order valence-corrected chi connectivity index (χ0v) is 8.73. The van der Waals surface area contributed by atoms with Crippen molar-refractivity contribution in [3.63, 3.8) is 0 Å². The van der Waals surface area contributed by atoms with Crippen LogP contribution >= 0.6 is 11.3 Å². The fraction of sp³-hybridized carbons (Fsp3) is 0.600. The predicted molar refractivity (Wildman–Crippen MR) is 52.9 cm³/mol. The van der Waals surface area contributed by atoms with E-state index in [0.29, 0.717) is 13.2 Å². The first-order chi connectivity index (χ1) is 6.14. The maximum absolute atomic E-state index is 10.4. The van der Waals surface area contributed by atoms with Crippen LogP contribution in [0.5, 0.6) is 0 Å². The van der Waals surface area contributed by atoms with Crippen LogP contribution in [-0.4, -0.2) is 18.3 Å². The van der Waals surface area contributed by atoms with Gasteiger partial charge in [-0.15, -0.1) is 11.3 Å². The lowest BCUT2D eigenvalue weighted by Crippen LogP contribution is -2.32. The second-order valence-electron chi connectivity index (χ2n) is 3.73. The zero-order chi connectivity index (χ0) is 9.47. The Kier molecular flexibility index (Phi) is 2.18. The summed E-state index contributed by atoms with van der Waals surface area (Å²) in [6.45, 7) is 5.17. The Hall–Kier alpha value is -0.380. The van der Waals surface area contributed by atoms with Crippen LogP contribution in [-0.2, 0) is 10.3 Å². The first kappa shape index (κ1) is 9.19. The van der Waals surface area contributed by atoms with E-state index in [9.17, 15) is 5.11 Å². The van der Waals surface area contributed by atoms with E-state index in [-0.39, 0.29) is 5.92 Å². The van der Waals surface area contributed by atoms with Crippen LogP contribution in [0, 0.1) is 12.8 Å². The van der Waals surface area contributed by atoms with Crippen LogP contribution in [0.2, 0.25) is 0 Å². The van der Waals surface area contributed by atoms with Crippen molar-refractivity contribution in [2.75, 3.05) is 13.2 Å². The lowest BCUT2D eigenvalue weighted by Gasteiger charge is -2.25. The molecule has 2 heterocycles. The SMILES string of the molecule is Cc1sccc1C1(O)COCC1C. The maximum atomic E-state index is 10.4. The molecule has 0 aromatic carbocycles. The molecule has 2 nitrogen and oxygen atoms in total. The number of rotatable bonds is 1. The Bertz CT molecular complexity index is 308. The number of aryl methyl sites for hydroxylation is 1. The molecular weight excluding hydrogens is 184 g/mol. The highest BCUT2D eigenvalue weighted by Crippen LogP contribution is 2.38. The summed E-state index contributed by atoms with van der Waals surface area (Å²) in [5, 5.41) is 12.4. The monoisotopic (exact) mass is 198 g/mol. The Labute approximate surface area is 82.2 Å². The van der Waals surface area contributed by atoms with E-state index in [1.54, 1.807) is 11.3 Å². The van der Waals surface area contributed by atoms with E-state index < -0.39 is 5.60 Å². The molecule has 1 aromatic heterocycles. The molecule has 2 rings (SSSR count). The predicted octanol–water partition coefficient (Wildman–Crippen LogP) is 1.91. The molecule has 0 amide bonds. The highest BCUT2D eigenvalue weighted by molar-refractivity contribution is 7.10. The minimum absolute atomic E-state index is 0.195. The van der Waals surface area contributed by atoms with Crippen LogP contribution in [0.25, 0.3) is 0 Å². The van der Waals surface area contributed by atoms with E-state index in [1.165, 1.54) is 4.88 Å². The first-order valence-electron chi connectivity index (χ1n) is 4.49. The summed E-state index contributed by atoms with van der Waals surface area (Å²) in [5.41, 5.74) is 0.298. The summed E-state index contributed by atoms with van der Waals surface area (Å²) >= 11 is 1.68. The van der Waals surface area contributed by atoms with E-state index in [1.807, 2.05) is 25.3 Å². The maximum Gasteiger partial charge on any atom is 0.119 e. The summed E-state index contributed by atoms with van der Waals surface area (Å²) in [6, 6.07) is 2.01. The molecule has 1 fully saturated rings. The van der Waals surface area contributed by atoms with Crippen molar-refractivity contribution < 1.29 is 9.84 Å². The van der Waals surface area contributed by atoms with Crippen molar-refractivity contribution in [3.8, 4) is 0 Å². The fourth-order valence-corrected chi connectivity index (χ4v) is 2.63. The van der Waals surface area contributed by atoms with Gasteiger partial charge in [0.2, 0.25) is 0 Å². The summed E-state index contributed by atoms with van der Waals surface area (Å²) < 4.78 is 5.31. The van der Waals surface area contributed by atoms with Gasteiger partial charge in [0.25, 0.3) is 0 Å². The van der Waals surface area contributed by atoms with Crippen molar-refractivity contribution in [3.05, 3.63) is 21.9 Å². The number of thiophene rings is 1. The Morgan fingerprint density at radius 1 is 1.69 bits per heavy atom. The van der Waals surface area contributed by atoms with Crippen molar-refractivity contribution in [2.45, 2.75) is 19.4 Å². The van der Waals surface area contributed by atoms with Crippen LogP contribution in [0.3, 0.4) is 0 Å². The Morgan fingerprint density at radius 2 is 2.46 bits per heavy atom. The van der Waals surface area contributed by atoms with Crippen LogP contribution in [0.15, 0.2) is 11.4 Å². The number of aliphatic hydroxyl groups is 1. The molecule has 0 aliphatic carbocycles. The number of hydrogen-bond donors (Lipinski definition) is 1. The lowest BCUT2D eigenvalue weighted by molar-refractivity contribution is 0.000718. The molecule has 0 bridgehead atoms. The molecule has 0 spiro atoms. The summed E-state index contributed by atoms with van der Waals surface area (Å²) in [6.07, 6.45) is 0. The standard InChI is InChI=1S/C10H14O2S/c1-7-5-12-6-10(7,11)9-3-4-13-8(9)2/h3-4,7,11H,5-6H2,1-2H3. The van der Waals surface area contributed by atoms with Gasteiger partial charge in [-0.2, -0.15) is 0 Å². The Morgan fingerprint density at radius 3 is 2.92 bits per heavy atom. The van der Waals surface area contributed by atoms with Gasteiger partial charge in [0.1, 0.15) is 5.60 Å². The normalized spacial score (nSPS) is 33.9. The zero-order valence-electron chi connectivity index (χ0n) is 7.91. The van der Waals surface area contributed by atoms with Gasteiger partial charge >= 0.3 is 0 Å². The molecule has 3 heteroatoms. The van der Waals surface area contributed by atoms with Gasteiger partial charge in [0.05, 0.1) is 13.2 Å². The highest BCUT2D eigenvalue weighted by atomic mass is 32.1. The largest absolute Gasteiger partial charge is 0.382 e. The van der Waals surface area contributed by atoms with E-state index in [4.69, 9.17) is 4.74 Å². The van der Waals surface area contributed by atoms with E-state index in [2.05, 4.69) is 0 Å². The van der Waals surface area contributed by atoms with Gasteiger partial charge in [-0.25, -0.2) is 0 Å². The van der Waals surface area contributed by atoms with Gasteiger partial charge in [-0.1, -0.05) is 6.92 Å². The third-order valence-electron chi connectivity index (χ3n) is 2.83. The van der Waals surface area contributed by atoms with Crippen LogP contribution < -0.4 is 0 Å². The van der Waals surface area contributed by atoms with Crippen molar-refractivity contribution >= 4 is 11.3 Å². The average molecular weight is 198 g/mol. The van der Waals surface area contributed by atoms with Crippen LogP contribution in [0.4, 0.5) is 0 Å². The lowest BCUT2D eigenvalue weighted by atomic mass is 9.86. The molecule has 72 valence electrons. The van der Waals surface area contributed by atoms with Crippen molar-refractivity contribution in [2.24, 2.45) is 5.92 Å². The summed E-state index contributed by atoms with van der Waals surface area (Å²) in [4.78, 5) is 1.19. The average Bonchev–Trinajstić information content (AvgIpc) is 2.62. The van der Waals surface area contributed by atoms with Gasteiger partial charge in [-0.3, -0.25) is 0 Å². The topological polar surface area (TPSA) is 29.5 Å². The first-order valence-corrected chi connectivity index (χ1v) is 5.37. The van der Waals surface area contributed by atoms with Gasteiger partial charge in [-0.05, 0) is 23.9 Å². The van der Waals surface area contributed by atoms with Crippen LogP contribution in [0.1, 0.15) is 17.4 Å². The molecule has 1 saturated heterocycles. The summed E-state index contributed by atoms with van der Waals surface area (Å²) in [7, 11) is 0. The Balaban J connectivity index is 2.39. The van der Waals surface area contributed by atoms with E-state index >= 15 is 0 Å². The minimum Gasteiger partial charge on any atom is -0.382 e. The minimum atomic E-state index is -0.746. The molecule has 13 heavy (non-hydrogen) atoms. The molecule has 2 atom stereocenters. The summed E-state index contributed by atoms with van der Waals surface area (Å²) in [5.74, 6) is 0.195. The molecule has 0 radical (unpaired) electrons. The van der Waals surface area contributed by atoms with Gasteiger partial charge in [0.15, 0.2) is 0 Å². The second-order valence-corrected chi connectivity index (χ2v) is 4.85. The molecule has 2 unspecified atom stereocenters. The molecule has 1 N–H and O–H groups in total. The van der Waals surface area contributed by atoms with E-state index in [0.717, 1.165) is 5.56 Å². The third kappa shape index (κ3) is 1.31. The number of hydrogen-bond acceptors (Lipinski definition) is 3. The molecule has 1 aromatic rings. The molecule has 0 saturated carbocycles. The smallest absolute Gasteiger partial charge is 0.119 e. The van der Waals surface area contributed by atoms with Crippen molar-refractivity contribution in [1.29, 1.82) is 0 Å². The fourth-order valence-electron chi connectivity index (χ4n) is 1.85.